The summed E-state index contributed by atoms with van der Waals surface area (Å²) in [5, 5.41) is 8.68. The van der Waals surface area contributed by atoms with Gasteiger partial charge in [-0.15, -0.1) is 0 Å². The highest BCUT2D eigenvalue weighted by Gasteiger charge is 2.33. The largest absolute Gasteiger partial charge is 0.481 e. The van der Waals surface area contributed by atoms with E-state index >= 15 is 0 Å². The van der Waals surface area contributed by atoms with Crippen molar-refractivity contribution in [2.75, 3.05) is 13.3 Å². The molecule has 0 spiro atoms. The fourth-order valence-electron chi connectivity index (χ4n) is 1.05. The fraction of sp³-hybridized carbons (Fsp3) is 0.857. The van der Waals surface area contributed by atoms with Gasteiger partial charge in [-0.25, -0.2) is 0 Å². The van der Waals surface area contributed by atoms with Crippen LogP contribution in [-0.4, -0.2) is 30.0 Å². The van der Waals surface area contributed by atoms with Crippen molar-refractivity contribution >= 4 is 13.3 Å². The van der Waals surface area contributed by atoms with Crippen LogP contribution in [0.3, 0.4) is 0 Å². The van der Waals surface area contributed by atoms with Gasteiger partial charge in [0.15, 0.2) is 0 Å². The minimum Gasteiger partial charge on any atom is -0.481 e. The molecule has 12 heavy (non-hydrogen) atoms. The first-order valence-corrected chi connectivity index (χ1v) is 6.04. The van der Waals surface area contributed by atoms with Gasteiger partial charge in [0.1, 0.15) is 5.66 Å². The zero-order valence-electron chi connectivity index (χ0n) is 7.61. The van der Waals surface area contributed by atoms with Crippen molar-refractivity contribution in [1.29, 1.82) is 0 Å². The molecule has 2 unspecified atom stereocenters. The lowest BCUT2D eigenvalue weighted by Gasteiger charge is -2.18. The first-order valence-electron chi connectivity index (χ1n) is 3.90. The molecule has 1 N–H and O–H groups in total. The normalized spacial score (nSPS) is 18.2. The maximum atomic E-state index is 11.6. The zero-order chi connectivity index (χ0) is 9.78. The van der Waals surface area contributed by atoms with Crippen molar-refractivity contribution < 1.29 is 19.0 Å². The van der Waals surface area contributed by atoms with E-state index in [0.717, 1.165) is 0 Å². The molecule has 4 nitrogen and oxygen atoms in total. The monoisotopic (exact) mass is 194 g/mol. The van der Waals surface area contributed by atoms with Crippen molar-refractivity contribution in [3.63, 3.8) is 0 Å². The van der Waals surface area contributed by atoms with Crippen LogP contribution in [0, 0.1) is 0 Å². The molecular formula is C7H15O4P. The zero-order valence-corrected chi connectivity index (χ0v) is 8.51. The van der Waals surface area contributed by atoms with Gasteiger partial charge in [-0.05, 0) is 13.3 Å². The first-order chi connectivity index (χ1) is 5.45. The second-order valence-electron chi connectivity index (χ2n) is 2.59. The lowest BCUT2D eigenvalue weighted by Crippen LogP contribution is -2.20. The minimum atomic E-state index is -2.96. The van der Waals surface area contributed by atoms with Crippen molar-refractivity contribution in [2.45, 2.75) is 25.9 Å². The molecule has 0 bridgehead atoms. The highest BCUT2D eigenvalue weighted by molar-refractivity contribution is 7.59. The van der Waals surface area contributed by atoms with Crippen LogP contribution in [-0.2, 0) is 13.9 Å². The maximum Gasteiger partial charge on any atom is 0.316 e. The Kier molecular flexibility index (Phi) is 4.50. The van der Waals surface area contributed by atoms with E-state index in [9.17, 15) is 9.36 Å². The molecule has 72 valence electrons. The van der Waals surface area contributed by atoms with Crippen molar-refractivity contribution in [2.24, 2.45) is 0 Å². The molecule has 0 aromatic carbocycles. The Labute approximate surface area is 72.4 Å². The molecule has 0 saturated heterocycles. The van der Waals surface area contributed by atoms with Crippen LogP contribution in [0.4, 0.5) is 0 Å². The van der Waals surface area contributed by atoms with Crippen LogP contribution in [0.1, 0.15) is 20.3 Å². The van der Waals surface area contributed by atoms with E-state index in [1.807, 2.05) is 0 Å². The summed E-state index contributed by atoms with van der Waals surface area (Å²) in [6.45, 7) is 5.05. The van der Waals surface area contributed by atoms with Gasteiger partial charge in [-0.1, -0.05) is 6.92 Å². The van der Waals surface area contributed by atoms with Crippen LogP contribution in [0.5, 0.6) is 0 Å². The molecule has 0 rings (SSSR count). The van der Waals surface area contributed by atoms with Crippen LogP contribution in [0.2, 0.25) is 0 Å². The second kappa shape index (κ2) is 4.63. The van der Waals surface area contributed by atoms with Crippen molar-refractivity contribution in [3.05, 3.63) is 0 Å². The molecule has 5 heteroatoms. The second-order valence-corrected chi connectivity index (χ2v) is 5.29. The van der Waals surface area contributed by atoms with Crippen LogP contribution < -0.4 is 0 Å². The van der Waals surface area contributed by atoms with E-state index in [2.05, 4.69) is 0 Å². The molecule has 0 radical (unpaired) electrons. The first kappa shape index (κ1) is 11.7. The average Bonchev–Trinajstić information content (AvgIpc) is 1.86. The summed E-state index contributed by atoms with van der Waals surface area (Å²) in [6, 6.07) is 0. The fourth-order valence-corrected chi connectivity index (χ4v) is 2.81. The summed E-state index contributed by atoms with van der Waals surface area (Å²) >= 11 is 0. The molecule has 0 amide bonds. The van der Waals surface area contributed by atoms with Crippen molar-refractivity contribution in [1.82, 2.24) is 0 Å². The van der Waals surface area contributed by atoms with Gasteiger partial charge in [0, 0.05) is 6.66 Å². The molecule has 0 heterocycles. The molecule has 0 saturated carbocycles. The molecule has 0 aromatic rings. The number of carboxylic acid groups (broad SMARTS) is 1. The Morgan fingerprint density at radius 3 is 2.33 bits per heavy atom. The summed E-state index contributed by atoms with van der Waals surface area (Å²) in [5.74, 6) is -1.04. The van der Waals surface area contributed by atoms with Gasteiger partial charge < -0.3 is 9.63 Å². The third-order valence-electron chi connectivity index (χ3n) is 1.62. The molecule has 0 aliphatic rings. The molecule has 0 aliphatic carbocycles. The van der Waals surface area contributed by atoms with Gasteiger partial charge in [-0.3, -0.25) is 9.36 Å². The molecule has 2 atom stereocenters. The highest BCUT2D eigenvalue weighted by atomic mass is 31.2. The maximum absolute atomic E-state index is 11.6. The Balaban J connectivity index is 4.48. The Morgan fingerprint density at radius 2 is 2.08 bits per heavy atom. The molecule has 0 aromatic heterocycles. The van der Waals surface area contributed by atoms with E-state index in [4.69, 9.17) is 9.63 Å². The number of aliphatic carboxylic acids is 1. The van der Waals surface area contributed by atoms with E-state index in [1.165, 1.54) is 6.66 Å². The van der Waals surface area contributed by atoms with Crippen LogP contribution >= 0.6 is 7.37 Å². The molecule has 0 fully saturated rings. The summed E-state index contributed by atoms with van der Waals surface area (Å²) in [6.07, 6.45) is 0.336. The van der Waals surface area contributed by atoms with E-state index in [0.29, 0.717) is 6.42 Å². The average molecular weight is 194 g/mol. The van der Waals surface area contributed by atoms with Gasteiger partial charge in [0.2, 0.25) is 7.37 Å². The van der Waals surface area contributed by atoms with E-state index in [-0.39, 0.29) is 6.61 Å². The van der Waals surface area contributed by atoms with Crippen molar-refractivity contribution in [3.8, 4) is 0 Å². The lowest BCUT2D eigenvalue weighted by molar-refractivity contribution is -0.136. The van der Waals surface area contributed by atoms with E-state index in [1.54, 1.807) is 13.8 Å². The van der Waals surface area contributed by atoms with Gasteiger partial charge in [-0.2, -0.15) is 0 Å². The quantitative estimate of drug-likeness (QED) is 0.677. The number of carboxylic acids is 1. The summed E-state index contributed by atoms with van der Waals surface area (Å²) in [7, 11) is -2.96. The minimum absolute atomic E-state index is 0.289. The summed E-state index contributed by atoms with van der Waals surface area (Å²) in [5.41, 5.74) is -0.863. The SMILES string of the molecule is CCOP(C)(=O)C(CC)C(=O)O. The topological polar surface area (TPSA) is 63.6 Å². The number of carbonyl (C=O) groups is 1. The van der Waals surface area contributed by atoms with Crippen LogP contribution in [0.25, 0.3) is 0 Å². The van der Waals surface area contributed by atoms with Gasteiger partial charge in [0.05, 0.1) is 6.61 Å². The lowest BCUT2D eigenvalue weighted by atomic mass is 10.3. The number of hydrogen-bond donors (Lipinski definition) is 1. The smallest absolute Gasteiger partial charge is 0.316 e. The number of rotatable bonds is 5. The standard InChI is InChI=1S/C7H15O4P/c1-4-6(7(8)9)12(3,10)11-5-2/h6H,4-5H2,1-3H3,(H,8,9). The molecular weight excluding hydrogens is 179 g/mol. The predicted octanol–water partition coefficient (Wildman–Crippen LogP) is 1.79. The third kappa shape index (κ3) is 2.95. The number of hydrogen-bond acceptors (Lipinski definition) is 3. The van der Waals surface area contributed by atoms with Gasteiger partial charge >= 0.3 is 5.97 Å². The Morgan fingerprint density at radius 1 is 1.58 bits per heavy atom. The van der Waals surface area contributed by atoms with Crippen LogP contribution in [0.15, 0.2) is 0 Å². The Hall–Kier alpha value is -0.340. The molecule has 0 aliphatic heterocycles. The summed E-state index contributed by atoms with van der Waals surface area (Å²) in [4.78, 5) is 10.6. The third-order valence-corrected chi connectivity index (χ3v) is 4.11. The van der Waals surface area contributed by atoms with Gasteiger partial charge in [0.25, 0.3) is 0 Å². The predicted molar refractivity (Wildman–Crippen MR) is 46.9 cm³/mol. The highest BCUT2D eigenvalue weighted by Crippen LogP contribution is 2.49. The summed E-state index contributed by atoms with van der Waals surface area (Å²) < 4.78 is 16.5. The Bertz CT molecular complexity index is 202. The van der Waals surface area contributed by atoms with E-state index < -0.39 is 19.0 Å².